The summed E-state index contributed by atoms with van der Waals surface area (Å²) in [7, 11) is 3.59. The molecule has 0 saturated carbocycles. The van der Waals surface area contributed by atoms with Crippen molar-refractivity contribution in [3.8, 4) is 0 Å². The average Bonchev–Trinajstić information content (AvgIpc) is 2.55. The van der Waals surface area contributed by atoms with Gasteiger partial charge in [0.05, 0.1) is 12.8 Å². The summed E-state index contributed by atoms with van der Waals surface area (Å²) in [4.78, 5) is 4.51. The SMILES string of the molecule is C=Cc1c(C(=C)OC)nc(CCC)n1C. The van der Waals surface area contributed by atoms with Crippen LogP contribution in [0, 0.1) is 0 Å². The van der Waals surface area contributed by atoms with Crippen LogP contribution in [-0.4, -0.2) is 16.7 Å². The second-order valence-corrected chi connectivity index (χ2v) is 3.40. The number of ether oxygens (including phenoxy) is 1. The minimum Gasteiger partial charge on any atom is -0.495 e. The van der Waals surface area contributed by atoms with E-state index >= 15 is 0 Å². The van der Waals surface area contributed by atoms with Gasteiger partial charge in [0, 0.05) is 13.5 Å². The molecule has 0 atom stereocenters. The molecule has 1 rings (SSSR count). The van der Waals surface area contributed by atoms with E-state index in [1.54, 1.807) is 13.2 Å². The maximum Gasteiger partial charge on any atom is 0.139 e. The Bertz CT molecular complexity index is 377. The zero-order chi connectivity index (χ0) is 11.4. The Hall–Kier alpha value is -1.51. The van der Waals surface area contributed by atoms with Crippen LogP contribution in [-0.2, 0) is 18.2 Å². The van der Waals surface area contributed by atoms with Crippen molar-refractivity contribution in [3.63, 3.8) is 0 Å². The molecule has 1 heterocycles. The molecule has 0 saturated heterocycles. The molecule has 3 nitrogen and oxygen atoms in total. The zero-order valence-corrected chi connectivity index (χ0v) is 9.71. The minimum absolute atomic E-state index is 0.586. The Balaban J connectivity index is 3.21. The predicted molar refractivity (Wildman–Crippen MR) is 63.3 cm³/mol. The van der Waals surface area contributed by atoms with E-state index in [1.165, 1.54) is 0 Å². The summed E-state index contributed by atoms with van der Waals surface area (Å²) in [5.74, 6) is 1.63. The number of imidazole rings is 1. The molecule has 15 heavy (non-hydrogen) atoms. The molecule has 0 aliphatic carbocycles. The number of methoxy groups -OCH3 is 1. The van der Waals surface area contributed by atoms with Gasteiger partial charge < -0.3 is 9.30 Å². The first-order valence-corrected chi connectivity index (χ1v) is 5.07. The van der Waals surface area contributed by atoms with Gasteiger partial charge in [0.25, 0.3) is 0 Å². The zero-order valence-electron chi connectivity index (χ0n) is 9.71. The second-order valence-electron chi connectivity index (χ2n) is 3.40. The monoisotopic (exact) mass is 206 g/mol. The summed E-state index contributed by atoms with van der Waals surface area (Å²) >= 11 is 0. The maximum absolute atomic E-state index is 5.11. The van der Waals surface area contributed by atoms with Gasteiger partial charge in [-0.2, -0.15) is 0 Å². The summed E-state index contributed by atoms with van der Waals surface area (Å²) < 4.78 is 7.14. The van der Waals surface area contributed by atoms with E-state index in [0.29, 0.717) is 5.76 Å². The minimum atomic E-state index is 0.586. The molecule has 0 amide bonds. The van der Waals surface area contributed by atoms with Crippen LogP contribution in [0.25, 0.3) is 11.8 Å². The van der Waals surface area contributed by atoms with Gasteiger partial charge in [-0.1, -0.05) is 20.1 Å². The Morgan fingerprint density at radius 1 is 1.60 bits per heavy atom. The fourth-order valence-corrected chi connectivity index (χ4v) is 1.54. The van der Waals surface area contributed by atoms with Crippen molar-refractivity contribution in [3.05, 3.63) is 30.4 Å². The third-order valence-corrected chi connectivity index (χ3v) is 2.41. The smallest absolute Gasteiger partial charge is 0.139 e. The average molecular weight is 206 g/mol. The summed E-state index contributed by atoms with van der Waals surface area (Å²) in [5, 5.41) is 0. The van der Waals surface area contributed by atoms with Gasteiger partial charge in [-0.25, -0.2) is 4.98 Å². The number of nitrogens with zero attached hydrogens (tertiary/aromatic N) is 2. The van der Waals surface area contributed by atoms with Crippen molar-refractivity contribution in [2.24, 2.45) is 7.05 Å². The van der Waals surface area contributed by atoms with E-state index in [1.807, 2.05) is 11.6 Å². The van der Waals surface area contributed by atoms with Gasteiger partial charge in [0.15, 0.2) is 0 Å². The number of hydrogen-bond donors (Lipinski definition) is 0. The van der Waals surface area contributed by atoms with Crippen LogP contribution in [0.4, 0.5) is 0 Å². The molecule has 1 aromatic rings. The topological polar surface area (TPSA) is 27.1 Å². The normalized spacial score (nSPS) is 10.1. The standard InChI is InChI=1S/C12H18N2O/c1-6-8-11-13-12(9(3)15-5)10(7-2)14(11)4/h7H,2-3,6,8H2,1,4-5H3. The first kappa shape index (κ1) is 11.6. The van der Waals surface area contributed by atoms with Gasteiger partial charge in [-0.3, -0.25) is 0 Å². The molecule has 0 aliphatic heterocycles. The molecule has 0 fully saturated rings. The van der Waals surface area contributed by atoms with Crippen molar-refractivity contribution in [1.82, 2.24) is 9.55 Å². The van der Waals surface area contributed by atoms with E-state index in [9.17, 15) is 0 Å². The van der Waals surface area contributed by atoms with Gasteiger partial charge in [-0.15, -0.1) is 0 Å². The van der Waals surface area contributed by atoms with Gasteiger partial charge in [-0.05, 0) is 12.5 Å². The lowest BCUT2D eigenvalue weighted by molar-refractivity contribution is 0.369. The Kier molecular flexibility index (Phi) is 3.72. The molecule has 82 valence electrons. The number of hydrogen-bond acceptors (Lipinski definition) is 2. The molecule has 1 aromatic heterocycles. The van der Waals surface area contributed by atoms with E-state index in [-0.39, 0.29) is 0 Å². The lowest BCUT2D eigenvalue weighted by atomic mass is 10.3. The van der Waals surface area contributed by atoms with Crippen LogP contribution in [0.1, 0.15) is 30.6 Å². The molecule has 0 bridgehead atoms. The fourth-order valence-electron chi connectivity index (χ4n) is 1.54. The lowest BCUT2D eigenvalue weighted by Gasteiger charge is -2.03. The van der Waals surface area contributed by atoms with Crippen molar-refractivity contribution < 1.29 is 4.74 Å². The molecular weight excluding hydrogens is 188 g/mol. The summed E-state index contributed by atoms with van der Waals surface area (Å²) in [5.41, 5.74) is 1.75. The van der Waals surface area contributed by atoms with Crippen LogP contribution in [0.5, 0.6) is 0 Å². The molecule has 0 spiro atoms. The summed E-state index contributed by atoms with van der Waals surface area (Å²) in [6.45, 7) is 9.74. The van der Waals surface area contributed by atoms with Crippen LogP contribution < -0.4 is 0 Å². The molecule has 0 N–H and O–H groups in total. The van der Waals surface area contributed by atoms with Gasteiger partial charge in [0.1, 0.15) is 17.3 Å². The molecule has 0 radical (unpaired) electrons. The highest BCUT2D eigenvalue weighted by molar-refractivity contribution is 5.64. The second kappa shape index (κ2) is 4.82. The lowest BCUT2D eigenvalue weighted by Crippen LogP contribution is -1.98. The molecule has 0 aliphatic rings. The van der Waals surface area contributed by atoms with Crippen molar-refractivity contribution in [2.75, 3.05) is 7.11 Å². The maximum atomic E-state index is 5.11. The van der Waals surface area contributed by atoms with E-state index < -0.39 is 0 Å². The van der Waals surface area contributed by atoms with Crippen LogP contribution >= 0.6 is 0 Å². The van der Waals surface area contributed by atoms with Gasteiger partial charge in [0.2, 0.25) is 0 Å². The number of aromatic nitrogens is 2. The molecule has 0 aromatic carbocycles. The quantitative estimate of drug-likeness (QED) is 0.692. The van der Waals surface area contributed by atoms with Crippen molar-refractivity contribution >= 4 is 11.8 Å². The highest BCUT2D eigenvalue weighted by Crippen LogP contribution is 2.20. The van der Waals surface area contributed by atoms with Crippen LogP contribution in [0.15, 0.2) is 13.2 Å². The summed E-state index contributed by atoms with van der Waals surface area (Å²) in [6, 6.07) is 0. The van der Waals surface area contributed by atoms with E-state index in [0.717, 1.165) is 30.1 Å². The molecule has 3 heteroatoms. The van der Waals surface area contributed by atoms with Crippen LogP contribution in [0.3, 0.4) is 0 Å². The Morgan fingerprint density at radius 3 is 2.73 bits per heavy atom. The fraction of sp³-hybridized carbons (Fsp3) is 0.417. The number of rotatable bonds is 5. The summed E-state index contributed by atoms with van der Waals surface area (Å²) in [6.07, 6.45) is 3.81. The third-order valence-electron chi connectivity index (χ3n) is 2.41. The Morgan fingerprint density at radius 2 is 2.27 bits per heavy atom. The first-order chi connectivity index (χ1) is 7.15. The largest absolute Gasteiger partial charge is 0.495 e. The van der Waals surface area contributed by atoms with E-state index in [4.69, 9.17) is 4.74 Å². The van der Waals surface area contributed by atoms with Crippen LogP contribution in [0.2, 0.25) is 0 Å². The van der Waals surface area contributed by atoms with Gasteiger partial charge >= 0.3 is 0 Å². The first-order valence-electron chi connectivity index (χ1n) is 5.07. The van der Waals surface area contributed by atoms with E-state index in [2.05, 4.69) is 25.1 Å². The number of aryl methyl sites for hydroxylation is 1. The Labute approximate surface area is 91.1 Å². The van der Waals surface area contributed by atoms with Crippen molar-refractivity contribution in [1.29, 1.82) is 0 Å². The third kappa shape index (κ3) is 2.12. The highest BCUT2D eigenvalue weighted by Gasteiger charge is 2.14. The molecule has 0 unspecified atom stereocenters. The predicted octanol–water partition coefficient (Wildman–Crippen LogP) is 2.63. The molecular formula is C12H18N2O. The van der Waals surface area contributed by atoms with Crippen molar-refractivity contribution in [2.45, 2.75) is 19.8 Å². The highest BCUT2D eigenvalue weighted by atomic mass is 16.5.